The van der Waals surface area contributed by atoms with Gasteiger partial charge in [0.2, 0.25) is 5.91 Å². The number of hydrogen-bond donors (Lipinski definition) is 1. The lowest BCUT2D eigenvalue weighted by Gasteiger charge is -2.14. The van der Waals surface area contributed by atoms with Crippen LogP contribution in [-0.4, -0.2) is 31.7 Å². The Hall–Kier alpha value is -2.93. The Labute approximate surface area is 181 Å². The fourth-order valence-electron chi connectivity index (χ4n) is 3.07. The lowest BCUT2D eigenvalue weighted by Crippen LogP contribution is -2.23. The van der Waals surface area contributed by atoms with Crippen LogP contribution in [0.2, 0.25) is 0 Å². The van der Waals surface area contributed by atoms with Crippen molar-refractivity contribution in [1.82, 2.24) is 14.8 Å². The number of aromatic nitrogens is 3. The molecule has 1 aromatic heterocycles. The zero-order chi connectivity index (χ0) is 21.7. The van der Waals surface area contributed by atoms with E-state index in [-0.39, 0.29) is 16.9 Å². The Morgan fingerprint density at radius 1 is 1.13 bits per heavy atom. The predicted molar refractivity (Wildman–Crippen MR) is 121 cm³/mol. The molecule has 0 saturated heterocycles. The molecule has 2 aromatic carbocycles. The molecule has 1 atom stereocenters. The third kappa shape index (κ3) is 5.16. The number of nitrogens with one attached hydrogen (secondary N) is 1. The SMILES string of the molecule is CCCn1c(S[C@@H](C)C(=O)Nc2cccc(C(C)=O)c2)nnc1-c1cccc(C)c1. The molecule has 0 aliphatic carbocycles. The van der Waals surface area contributed by atoms with Crippen molar-refractivity contribution >= 4 is 29.1 Å². The van der Waals surface area contributed by atoms with Crippen LogP contribution in [0, 0.1) is 6.92 Å². The van der Waals surface area contributed by atoms with Crippen LogP contribution in [0.3, 0.4) is 0 Å². The van der Waals surface area contributed by atoms with E-state index in [0.29, 0.717) is 16.4 Å². The normalized spacial score (nSPS) is 11.9. The summed E-state index contributed by atoms with van der Waals surface area (Å²) in [4.78, 5) is 24.3. The lowest BCUT2D eigenvalue weighted by atomic mass is 10.1. The summed E-state index contributed by atoms with van der Waals surface area (Å²) in [6, 6.07) is 15.1. The number of ketones is 1. The van der Waals surface area contributed by atoms with Crippen LogP contribution in [0.15, 0.2) is 53.7 Å². The van der Waals surface area contributed by atoms with Crippen molar-refractivity contribution in [1.29, 1.82) is 0 Å². The number of anilines is 1. The molecule has 1 heterocycles. The van der Waals surface area contributed by atoms with Gasteiger partial charge in [0.1, 0.15) is 0 Å². The van der Waals surface area contributed by atoms with Crippen molar-refractivity contribution in [3.63, 3.8) is 0 Å². The van der Waals surface area contributed by atoms with E-state index in [2.05, 4.69) is 33.1 Å². The summed E-state index contributed by atoms with van der Waals surface area (Å²) in [5, 5.41) is 12.0. The summed E-state index contributed by atoms with van der Waals surface area (Å²) in [5.74, 6) is 0.624. The van der Waals surface area contributed by atoms with E-state index in [1.807, 2.05) is 32.0 Å². The Morgan fingerprint density at radius 2 is 1.90 bits per heavy atom. The van der Waals surface area contributed by atoms with Crippen LogP contribution >= 0.6 is 11.8 Å². The number of aryl methyl sites for hydroxylation is 1. The number of rotatable bonds is 8. The molecule has 0 aliphatic rings. The molecule has 0 unspecified atom stereocenters. The van der Waals surface area contributed by atoms with Gasteiger partial charge in [0.15, 0.2) is 16.8 Å². The van der Waals surface area contributed by atoms with Crippen molar-refractivity contribution in [2.24, 2.45) is 0 Å². The van der Waals surface area contributed by atoms with Gasteiger partial charge in [-0.15, -0.1) is 10.2 Å². The number of Topliss-reactive ketones (excluding diaryl/α,β-unsaturated/α-hetero) is 1. The summed E-state index contributed by atoms with van der Waals surface area (Å²) in [6.45, 7) is 8.27. The maximum Gasteiger partial charge on any atom is 0.237 e. The summed E-state index contributed by atoms with van der Waals surface area (Å²) >= 11 is 1.38. The molecule has 0 radical (unpaired) electrons. The molecule has 3 aromatic rings. The molecule has 0 saturated carbocycles. The van der Waals surface area contributed by atoms with Gasteiger partial charge in [-0.05, 0) is 45.4 Å². The monoisotopic (exact) mass is 422 g/mol. The zero-order valence-corrected chi connectivity index (χ0v) is 18.5. The average molecular weight is 423 g/mol. The molecule has 7 heteroatoms. The van der Waals surface area contributed by atoms with E-state index in [1.165, 1.54) is 18.7 Å². The molecule has 1 N–H and O–H groups in total. The van der Waals surface area contributed by atoms with E-state index in [1.54, 1.807) is 24.3 Å². The van der Waals surface area contributed by atoms with Gasteiger partial charge in [-0.3, -0.25) is 9.59 Å². The maximum atomic E-state index is 12.7. The maximum absolute atomic E-state index is 12.7. The first-order valence-electron chi connectivity index (χ1n) is 9.97. The Morgan fingerprint density at radius 3 is 2.60 bits per heavy atom. The minimum atomic E-state index is -0.379. The number of carbonyl (C=O) groups is 2. The van der Waals surface area contributed by atoms with Crippen molar-refractivity contribution in [2.45, 2.75) is 51.1 Å². The molecule has 0 spiro atoms. The molecule has 0 aliphatic heterocycles. The smallest absolute Gasteiger partial charge is 0.237 e. The predicted octanol–water partition coefficient (Wildman–Crippen LogP) is 4.99. The topological polar surface area (TPSA) is 76.9 Å². The van der Waals surface area contributed by atoms with E-state index in [4.69, 9.17) is 0 Å². The standard InChI is InChI=1S/C23H26N4O2S/c1-5-12-27-21(19-10-6-8-15(2)13-19)25-26-23(27)30-17(4)22(29)24-20-11-7-9-18(14-20)16(3)28/h6-11,13-14,17H,5,12H2,1-4H3,(H,24,29)/t17-/m0/s1. The molecule has 6 nitrogen and oxygen atoms in total. The van der Waals surface area contributed by atoms with Gasteiger partial charge in [0, 0.05) is 23.4 Å². The minimum Gasteiger partial charge on any atom is -0.325 e. The fraction of sp³-hybridized carbons (Fsp3) is 0.304. The lowest BCUT2D eigenvalue weighted by molar-refractivity contribution is -0.115. The first-order chi connectivity index (χ1) is 14.4. The first kappa shape index (κ1) is 21.8. The second-order valence-corrected chi connectivity index (χ2v) is 8.52. The van der Waals surface area contributed by atoms with Crippen LogP contribution < -0.4 is 5.32 Å². The highest BCUT2D eigenvalue weighted by Crippen LogP contribution is 2.28. The second kappa shape index (κ2) is 9.71. The zero-order valence-electron chi connectivity index (χ0n) is 17.7. The van der Waals surface area contributed by atoms with Gasteiger partial charge in [-0.1, -0.05) is 54.6 Å². The average Bonchev–Trinajstić information content (AvgIpc) is 3.10. The largest absolute Gasteiger partial charge is 0.325 e. The summed E-state index contributed by atoms with van der Waals surface area (Å²) in [6.07, 6.45) is 0.933. The summed E-state index contributed by atoms with van der Waals surface area (Å²) in [5.41, 5.74) is 3.35. The highest BCUT2D eigenvalue weighted by atomic mass is 32.2. The molecule has 0 fully saturated rings. The van der Waals surface area contributed by atoms with Crippen LogP contribution in [0.25, 0.3) is 11.4 Å². The molecule has 0 bridgehead atoms. The number of benzene rings is 2. The van der Waals surface area contributed by atoms with Crippen LogP contribution in [0.1, 0.15) is 43.1 Å². The third-order valence-corrected chi connectivity index (χ3v) is 5.71. The van der Waals surface area contributed by atoms with Crippen molar-refractivity contribution < 1.29 is 9.59 Å². The number of nitrogens with zero attached hydrogens (tertiary/aromatic N) is 3. The van der Waals surface area contributed by atoms with Gasteiger partial charge in [-0.25, -0.2) is 0 Å². The van der Waals surface area contributed by atoms with Crippen LogP contribution in [0.5, 0.6) is 0 Å². The summed E-state index contributed by atoms with van der Waals surface area (Å²) < 4.78 is 2.07. The quantitative estimate of drug-likeness (QED) is 0.409. The summed E-state index contributed by atoms with van der Waals surface area (Å²) in [7, 11) is 0. The van der Waals surface area contributed by atoms with Crippen molar-refractivity contribution in [3.05, 3.63) is 59.7 Å². The highest BCUT2D eigenvalue weighted by Gasteiger charge is 2.21. The van der Waals surface area contributed by atoms with Crippen LogP contribution in [-0.2, 0) is 11.3 Å². The van der Waals surface area contributed by atoms with Gasteiger partial charge >= 0.3 is 0 Å². The molecule has 3 rings (SSSR count). The molecular formula is C23H26N4O2S. The Balaban J connectivity index is 1.77. The third-order valence-electron chi connectivity index (χ3n) is 4.63. The van der Waals surface area contributed by atoms with Gasteiger partial charge < -0.3 is 9.88 Å². The van der Waals surface area contributed by atoms with E-state index < -0.39 is 0 Å². The second-order valence-electron chi connectivity index (χ2n) is 7.21. The van der Waals surface area contributed by atoms with E-state index in [9.17, 15) is 9.59 Å². The number of carbonyl (C=O) groups excluding carboxylic acids is 2. The van der Waals surface area contributed by atoms with E-state index in [0.717, 1.165) is 29.9 Å². The molecule has 156 valence electrons. The van der Waals surface area contributed by atoms with Crippen molar-refractivity contribution in [3.8, 4) is 11.4 Å². The molecular weight excluding hydrogens is 396 g/mol. The van der Waals surface area contributed by atoms with E-state index >= 15 is 0 Å². The highest BCUT2D eigenvalue weighted by molar-refractivity contribution is 8.00. The van der Waals surface area contributed by atoms with Crippen molar-refractivity contribution in [2.75, 3.05) is 5.32 Å². The van der Waals surface area contributed by atoms with Gasteiger partial charge in [0.05, 0.1) is 5.25 Å². The Bertz CT molecular complexity index is 1060. The number of thioether (sulfide) groups is 1. The van der Waals surface area contributed by atoms with Gasteiger partial charge in [0.25, 0.3) is 0 Å². The molecule has 30 heavy (non-hydrogen) atoms. The van der Waals surface area contributed by atoms with Gasteiger partial charge in [-0.2, -0.15) is 0 Å². The number of hydrogen-bond acceptors (Lipinski definition) is 5. The number of amides is 1. The molecule has 1 amide bonds. The first-order valence-corrected chi connectivity index (χ1v) is 10.9. The minimum absolute atomic E-state index is 0.0372. The van der Waals surface area contributed by atoms with Crippen LogP contribution in [0.4, 0.5) is 5.69 Å². The Kier molecular flexibility index (Phi) is 7.05. The fourth-order valence-corrected chi connectivity index (χ4v) is 3.95.